The summed E-state index contributed by atoms with van der Waals surface area (Å²) in [6.07, 6.45) is 19.9. The van der Waals surface area contributed by atoms with Crippen molar-refractivity contribution >= 4 is 5.91 Å². The molecule has 0 radical (unpaired) electrons. The number of allylic oxidation sites excluding steroid dienone is 9. The molecular weight excluding hydrogens is 485 g/mol. The number of hydrogen-bond acceptors (Lipinski definition) is 3. The molecule has 1 amide bonds. The SMILES string of the molecule is C=C(CN(C)C(=O)C(/C=C/CC(C)(C)F)CC1=CC=C2C=CC=CC2C1)NC.C=CNC.Cc1ccccc1. The Kier molecular flexibility index (Phi) is 15.3. The monoisotopic (exact) mass is 533 g/mol. The zero-order chi connectivity index (χ0) is 29.3. The van der Waals surface area contributed by atoms with Crippen molar-refractivity contribution in [2.75, 3.05) is 27.7 Å². The van der Waals surface area contributed by atoms with E-state index in [9.17, 15) is 9.18 Å². The molecule has 0 saturated heterocycles. The molecule has 0 spiro atoms. The molecule has 2 unspecified atom stereocenters. The molecule has 1 aromatic rings. The normalized spacial score (nSPS) is 16.2. The molecule has 0 saturated carbocycles. The minimum absolute atomic E-state index is 0.0269. The molecule has 2 aliphatic carbocycles. The Bertz CT molecular complexity index is 1060. The van der Waals surface area contributed by atoms with Gasteiger partial charge in [-0.1, -0.05) is 103 Å². The molecule has 3 rings (SSSR count). The van der Waals surface area contributed by atoms with Gasteiger partial charge in [0.15, 0.2) is 0 Å². The highest BCUT2D eigenvalue weighted by Crippen LogP contribution is 2.33. The second-order valence-corrected chi connectivity index (χ2v) is 10.4. The van der Waals surface area contributed by atoms with E-state index in [-0.39, 0.29) is 11.8 Å². The molecule has 0 aliphatic heterocycles. The number of halogens is 1. The molecular formula is C34H48FN3O. The van der Waals surface area contributed by atoms with Crippen LogP contribution < -0.4 is 10.6 Å². The van der Waals surface area contributed by atoms with Crippen LogP contribution in [0.1, 0.15) is 38.7 Å². The lowest BCUT2D eigenvalue weighted by atomic mass is 9.81. The van der Waals surface area contributed by atoms with Crippen molar-refractivity contribution in [2.24, 2.45) is 11.8 Å². The van der Waals surface area contributed by atoms with Gasteiger partial charge in [0, 0.05) is 32.8 Å². The van der Waals surface area contributed by atoms with E-state index in [0.29, 0.717) is 25.3 Å². The second kappa shape index (κ2) is 17.8. The Labute approximate surface area is 236 Å². The first-order valence-corrected chi connectivity index (χ1v) is 13.5. The maximum absolute atomic E-state index is 13.9. The first-order valence-electron chi connectivity index (χ1n) is 13.5. The minimum Gasteiger partial charge on any atom is -0.394 e. The number of carbonyl (C=O) groups is 1. The molecule has 2 atom stereocenters. The van der Waals surface area contributed by atoms with Crippen LogP contribution >= 0.6 is 0 Å². The first kappa shape index (κ1) is 33.4. The maximum Gasteiger partial charge on any atom is 0.229 e. The summed E-state index contributed by atoms with van der Waals surface area (Å²) in [4.78, 5) is 14.7. The number of hydrogen-bond donors (Lipinski definition) is 2. The molecule has 0 fully saturated rings. The number of nitrogens with one attached hydrogen (secondary N) is 2. The van der Waals surface area contributed by atoms with Crippen molar-refractivity contribution in [1.29, 1.82) is 0 Å². The number of amides is 1. The smallest absolute Gasteiger partial charge is 0.229 e. The third-order valence-electron chi connectivity index (χ3n) is 6.24. The lowest BCUT2D eigenvalue weighted by molar-refractivity contribution is -0.132. The Morgan fingerprint density at radius 1 is 1.21 bits per heavy atom. The van der Waals surface area contributed by atoms with Crippen LogP contribution in [0.25, 0.3) is 0 Å². The van der Waals surface area contributed by atoms with E-state index in [4.69, 9.17) is 0 Å². The third-order valence-corrected chi connectivity index (χ3v) is 6.24. The fraction of sp³-hybridized carbons (Fsp3) is 0.382. The molecule has 0 bridgehead atoms. The lowest BCUT2D eigenvalue weighted by Gasteiger charge is -2.27. The molecule has 2 N–H and O–H groups in total. The van der Waals surface area contributed by atoms with Gasteiger partial charge in [0.05, 0.1) is 12.5 Å². The highest BCUT2D eigenvalue weighted by Gasteiger charge is 2.24. The molecule has 5 heteroatoms. The summed E-state index contributed by atoms with van der Waals surface area (Å²) in [6, 6.07) is 10.3. The van der Waals surface area contributed by atoms with Crippen LogP contribution in [0.4, 0.5) is 4.39 Å². The number of benzene rings is 1. The summed E-state index contributed by atoms with van der Waals surface area (Å²) < 4.78 is 13.9. The number of alkyl halides is 1. The van der Waals surface area contributed by atoms with Crippen LogP contribution in [0.5, 0.6) is 0 Å². The fourth-order valence-electron chi connectivity index (χ4n) is 3.97. The van der Waals surface area contributed by atoms with Gasteiger partial charge >= 0.3 is 0 Å². The van der Waals surface area contributed by atoms with E-state index in [0.717, 1.165) is 12.1 Å². The van der Waals surface area contributed by atoms with E-state index >= 15 is 0 Å². The average molecular weight is 534 g/mol. The summed E-state index contributed by atoms with van der Waals surface area (Å²) in [5, 5.41) is 5.67. The van der Waals surface area contributed by atoms with Gasteiger partial charge in [-0.05, 0) is 51.8 Å². The van der Waals surface area contributed by atoms with Crippen molar-refractivity contribution < 1.29 is 9.18 Å². The summed E-state index contributed by atoms with van der Waals surface area (Å²) in [6.45, 7) is 12.9. The number of carbonyl (C=O) groups excluding carboxylic acids is 1. The summed E-state index contributed by atoms with van der Waals surface area (Å²) in [5.74, 6) is 0.108. The maximum atomic E-state index is 13.9. The predicted octanol–water partition coefficient (Wildman–Crippen LogP) is 7.22. The molecule has 0 heterocycles. The number of aryl methyl sites for hydroxylation is 1. The summed E-state index contributed by atoms with van der Waals surface area (Å²) in [7, 11) is 5.39. The lowest BCUT2D eigenvalue weighted by Crippen LogP contribution is -2.35. The van der Waals surface area contributed by atoms with Crippen molar-refractivity contribution in [2.45, 2.75) is 45.7 Å². The second-order valence-electron chi connectivity index (χ2n) is 10.4. The highest BCUT2D eigenvalue weighted by molar-refractivity contribution is 5.81. The zero-order valence-electron chi connectivity index (χ0n) is 24.7. The van der Waals surface area contributed by atoms with Crippen LogP contribution in [-0.2, 0) is 4.79 Å². The van der Waals surface area contributed by atoms with E-state index in [1.807, 2.05) is 31.3 Å². The number of nitrogens with zero attached hydrogens (tertiary/aromatic N) is 1. The van der Waals surface area contributed by atoms with Gasteiger partial charge in [-0.2, -0.15) is 0 Å². The Balaban J connectivity index is 0.000000573. The van der Waals surface area contributed by atoms with Gasteiger partial charge in [-0.3, -0.25) is 4.79 Å². The minimum atomic E-state index is -1.28. The quantitative estimate of drug-likeness (QED) is 0.312. The van der Waals surface area contributed by atoms with E-state index in [1.165, 1.54) is 16.7 Å². The largest absolute Gasteiger partial charge is 0.394 e. The van der Waals surface area contributed by atoms with Crippen molar-refractivity contribution in [3.63, 3.8) is 0 Å². The summed E-state index contributed by atoms with van der Waals surface area (Å²) >= 11 is 0. The standard InChI is InChI=1S/C24H33FN2O.C7H8.C3H7N/c1-18(26-4)17-27(5)23(28)22(11-8-14-24(2,3)25)16-19-12-13-20-9-6-7-10-21(20)15-19;1-7-5-3-2-4-6-7;1-3-4-2/h6-13,21-22,26H,1,14-17H2,2-5H3;2-6H,1H3;3-4H,1H2,2H3/b11-8+;;. The number of likely N-dealkylation sites (N-methyl/N-ethyl adjacent to an activating group) is 2. The highest BCUT2D eigenvalue weighted by atomic mass is 19.1. The van der Waals surface area contributed by atoms with Crippen molar-refractivity contribution in [3.05, 3.63) is 121 Å². The average Bonchev–Trinajstić information content (AvgIpc) is 2.92. The predicted molar refractivity (Wildman–Crippen MR) is 166 cm³/mol. The summed E-state index contributed by atoms with van der Waals surface area (Å²) in [5.41, 5.74) is 3.38. The molecule has 1 aromatic carbocycles. The number of fused-ring (bicyclic) bond motifs is 1. The van der Waals surface area contributed by atoms with E-state index < -0.39 is 5.67 Å². The Hall–Kier alpha value is -3.60. The van der Waals surface area contributed by atoms with E-state index in [1.54, 1.807) is 45.1 Å². The van der Waals surface area contributed by atoms with E-state index in [2.05, 4.69) is 79.3 Å². The first-order chi connectivity index (χ1) is 18.5. The molecule has 212 valence electrons. The van der Waals surface area contributed by atoms with Gasteiger partial charge in [-0.25, -0.2) is 4.39 Å². The Morgan fingerprint density at radius 2 is 1.87 bits per heavy atom. The zero-order valence-corrected chi connectivity index (χ0v) is 24.7. The van der Waals surface area contributed by atoms with Crippen LogP contribution in [0, 0.1) is 18.8 Å². The van der Waals surface area contributed by atoms with Gasteiger partial charge in [0.2, 0.25) is 5.91 Å². The van der Waals surface area contributed by atoms with Gasteiger partial charge in [0.1, 0.15) is 5.67 Å². The fourth-order valence-corrected chi connectivity index (χ4v) is 3.97. The molecule has 39 heavy (non-hydrogen) atoms. The van der Waals surface area contributed by atoms with Gasteiger partial charge < -0.3 is 15.5 Å². The van der Waals surface area contributed by atoms with Crippen molar-refractivity contribution in [3.8, 4) is 0 Å². The molecule has 0 aromatic heterocycles. The molecule has 2 aliphatic rings. The topological polar surface area (TPSA) is 44.4 Å². The molecule has 4 nitrogen and oxygen atoms in total. The Morgan fingerprint density at radius 3 is 2.41 bits per heavy atom. The third kappa shape index (κ3) is 14.2. The van der Waals surface area contributed by atoms with Crippen molar-refractivity contribution in [1.82, 2.24) is 15.5 Å². The van der Waals surface area contributed by atoms with Crippen LogP contribution in [0.2, 0.25) is 0 Å². The number of rotatable bonds is 10. The van der Waals surface area contributed by atoms with Gasteiger partial charge in [-0.15, -0.1) is 0 Å². The van der Waals surface area contributed by atoms with Gasteiger partial charge in [0.25, 0.3) is 0 Å². The van der Waals surface area contributed by atoms with Crippen LogP contribution in [0.15, 0.2) is 115 Å². The van der Waals surface area contributed by atoms with Crippen LogP contribution in [-0.4, -0.2) is 44.2 Å². The van der Waals surface area contributed by atoms with Crippen LogP contribution in [0.3, 0.4) is 0 Å².